The number of hydrazine groups is 1. The normalized spacial score (nSPS) is 24.7. The molecule has 4 amide bonds. The van der Waals surface area contributed by atoms with E-state index >= 15 is 0 Å². The number of allylic oxidation sites excluding steroid dienone is 1. The largest absolute Gasteiger partial charge is 0.337 e. The number of carbonyl (C=O) groups is 3. The highest BCUT2D eigenvalue weighted by Gasteiger charge is 2.50. The van der Waals surface area contributed by atoms with Crippen LogP contribution in [0, 0.1) is 0 Å². The van der Waals surface area contributed by atoms with E-state index in [1.54, 1.807) is 26.7 Å². The van der Waals surface area contributed by atoms with E-state index in [1.807, 2.05) is 60.2 Å². The van der Waals surface area contributed by atoms with Gasteiger partial charge in [-0.1, -0.05) is 43.3 Å². The molecule has 0 radical (unpaired) electrons. The van der Waals surface area contributed by atoms with Crippen LogP contribution >= 0.6 is 23.5 Å². The third-order valence-corrected chi connectivity index (χ3v) is 8.58. The summed E-state index contributed by atoms with van der Waals surface area (Å²) in [5.74, 6) is 0.703. The standard InChI is InChI=1S/C25H35N5O3S2/c1-3-28-18-23(31)29-21(12-15-34-2)24(32)27(13-11-20-10-7-14-35-20)17-22(29)30(28)25(33)26-16-19-8-5-4-6-9-19/h4-9,14,20-22H,3,10-13,15-18H2,1-2H3,(H,26,33)/t20?,21-,22-/m0/s1. The minimum atomic E-state index is -0.536. The Morgan fingerprint density at radius 1 is 1.20 bits per heavy atom. The number of nitrogens with zero attached hydrogens (tertiary/aromatic N) is 4. The fourth-order valence-electron chi connectivity index (χ4n) is 4.94. The van der Waals surface area contributed by atoms with Crippen molar-refractivity contribution in [2.75, 3.05) is 38.2 Å². The van der Waals surface area contributed by atoms with Crippen LogP contribution in [-0.4, -0.2) is 93.3 Å². The lowest BCUT2D eigenvalue weighted by atomic mass is 10.0. The molecule has 0 spiro atoms. The Labute approximate surface area is 216 Å². The van der Waals surface area contributed by atoms with Gasteiger partial charge in [-0.3, -0.25) is 9.59 Å². The van der Waals surface area contributed by atoms with Crippen LogP contribution in [0.4, 0.5) is 4.79 Å². The molecular formula is C25H35N5O3S2. The van der Waals surface area contributed by atoms with Crippen LogP contribution in [0.3, 0.4) is 0 Å². The zero-order valence-electron chi connectivity index (χ0n) is 20.5. The third kappa shape index (κ3) is 5.98. The molecule has 3 aliphatic rings. The first kappa shape index (κ1) is 25.9. The number of hydrogen-bond donors (Lipinski definition) is 1. The summed E-state index contributed by atoms with van der Waals surface area (Å²) in [7, 11) is 0. The van der Waals surface area contributed by atoms with Gasteiger partial charge in [0, 0.05) is 24.9 Å². The second kappa shape index (κ2) is 12.2. The maximum Gasteiger partial charge on any atom is 0.334 e. The van der Waals surface area contributed by atoms with Gasteiger partial charge < -0.3 is 15.1 Å². The number of hydrogen-bond acceptors (Lipinski definition) is 6. The predicted octanol–water partition coefficient (Wildman–Crippen LogP) is 2.98. The van der Waals surface area contributed by atoms with Gasteiger partial charge in [0.05, 0.1) is 13.1 Å². The number of rotatable bonds is 9. The second-order valence-electron chi connectivity index (χ2n) is 8.99. The highest BCUT2D eigenvalue weighted by molar-refractivity contribution is 8.03. The van der Waals surface area contributed by atoms with Gasteiger partial charge in [-0.25, -0.2) is 14.8 Å². The minimum absolute atomic E-state index is 0.00852. The predicted molar refractivity (Wildman–Crippen MR) is 142 cm³/mol. The van der Waals surface area contributed by atoms with Crippen LogP contribution in [-0.2, 0) is 16.1 Å². The van der Waals surface area contributed by atoms with E-state index in [4.69, 9.17) is 0 Å². The Kier molecular flexibility index (Phi) is 9.02. The molecular weight excluding hydrogens is 482 g/mol. The molecule has 35 heavy (non-hydrogen) atoms. The Morgan fingerprint density at radius 3 is 2.69 bits per heavy atom. The number of urea groups is 1. The van der Waals surface area contributed by atoms with Crippen LogP contribution in [0.5, 0.6) is 0 Å². The molecule has 2 fully saturated rings. The van der Waals surface area contributed by atoms with Gasteiger partial charge in [-0.05, 0) is 42.2 Å². The number of nitrogens with one attached hydrogen (secondary N) is 1. The van der Waals surface area contributed by atoms with Gasteiger partial charge in [-0.2, -0.15) is 11.8 Å². The summed E-state index contributed by atoms with van der Waals surface area (Å²) in [6, 6.07) is 9.00. The van der Waals surface area contributed by atoms with Crippen LogP contribution in [0.15, 0.2) is 41.8 Å². The SMILES string of the molecule is CCN1CC(=O)N2[C@@H](CCSC)C(=O)N(CCC3CC=CS3)C[C@@H]2N1C(=O)NCc1ccccc1. The number of likely N-dealkylation sites (N-methyl/N-ethyl adjacent to an activating group) is 1. The summed E-state index contributed by atoms with van der Waals surface area (Å²) in [4.78, 5) is 43.9. The molecule has 3 aliphatic heterocycles. The Bertz CT molecular complexity index is 923. The van der Waals surface area contributed by atoms with Crippen LogP contribution < -0.4 is 5.32 Å². The summed E-state index contributed by atoms with van der Waals surface area (Å²) < 4.78 is 0. The van der Waals surface area contributed by atoms with Crippen molar-refractivity contribution < 1.29 is 14.4 Å². The average molecular weight is 518 g/mol. The van der Waals surface area contributed by atoms with E-state index in [1.165, 1.54) is 0 Å². The summed E-state index contributed by atoms with van der Waals surface area (Å²) >= 11 is 3.48. The van der Waals surface area contributed by atoms with Crippen molar-refractivity contribution in [3.8, 4) is 0 Å². The minimum Gasteiger partial charge on any atom is -0.337 e. The van der Waals surface area contributed by atoms with Gasteiger partial charge in [-0.15, -0.1) is 11.8 Å². The molecule has 0 aliphatic carbocycles. The molecule has 1 N–H and O–H groups in total. The van der Waals surface area contributed by atoms with E-state index in [0.717, 1.165) is 24.2 Å². The average Bonchev–Trinajstić information content (AvgIpc) is 3.40. The summed E-state index contributed by atoms with van der Waals surface area (Å²) in [5, 5.41) is 9.13. The Hall–Kier alpha value is -2.17. The quantitative estimate of drug-likeness (QED) is 0.543. The first-order valence-corrected chi connectivity index (χ1v) is 14.6. The highest BCUT2D eigenvalue weighted by atomic mass is 32.2. The van der Waals surface area contributed by atoms with E-state index in [2.05, 4.69) is 16.8 Å². The molecule has 0 saturated carbocycles. The topological polar surface area (TPSA) is 76.2 Å². The second-order valence-corrected chi connectivity index (χ2v) is 11.2. The fraction of sp³-hybridized carbons (Fsp3) is 0.560. The lowest BCUT2D eigenvalue weighted by molar-refractivity contribution is -0.190. The van der Waals surface area contributed by atoms with Crippen molar-refractivity contribution in [3.05, 3.63) is 47.4 Å². The van der Waals surface area contributed by atoms with E-state index < -0.39 is 12.2 Å². The molecule has 2 saturated heterocycles. The van der Waals surface area contributed by atoms with Crippen molar-refractivity contribution in [2.24, 2.45) is 0 Å². The van der Waals surface area contributed by atoms with Gasteiger partial charge in [0.25, 0.3) is 0 Å². The summed E-state index contributed by atoms with van der Waals surface area (Å²) in [6.07, 6.45) is 6.18. The van der Waals surface area contributed by atoms with Crippen LogP contribution in [0.1, 0.15) is 31.7 Å². The molecule has 0 bridgehead atoms. The van der Waals surface area contributed by atoms with E-state index in [0.29, 0.717) is 37.8 Å². The van der Waals surface area contributed by atoms with Crippen molar-refractivity contribution in [1.29, 1.82) is 0 Å². The molecule has 4 rings (SSSR count). The smallest absolute Gasteiger partial charge is 0.334 e. The number of benzene rings is 1. The number of piperazine rings is 1. The van der Waals surface area contributed by atoms with E-state index in [-0.39, 0.29) is 24.4 Å². The van der Waals surface area contributed by atoms with Gasteiger partial charge in [0.15, 0.2) is 0 Å². The third-order valence-electron chi connectivity index (χ3n) is 6.77. The van der Waals surface area contributed by atoms with Gasteiger partial charge in [0.1, 0.15) is 12.2 Å². The number of thioether (sulfide) groups is 2. The summed E-state index contributed by atoms with van der Waals surface area (Å²) in [5.41, 5.74) is 1.01. The van der Waals surface area contributed by atoms with Gasteiger partial charge >= 0.3 is 6.03 Å². The van der Waals surface area contributed by atoms with Crippen molar-refractivity contribution >= 4 is 41.4 Å². The van der Waals surface area contributed by atoms with E-state index in [9.17, 15) is 14.4 Å². The van der Waals surface area contributed by atoms with Crippen molar-refractivity contribution in [1.82, 2.24) is 25.1 Å². The first-order valence-electron chi connectivity index (χ1n) is 12.3. The molecule has 0 aromatic heterocycles. The Balaban J connectivity index is 1.55. The van der Waals surface area contributed by atoms with Crippen molar-refractivity contribution in [3.63, 3.8) is 0 Å². The highest BCUT2D eigenvalue weighted by Crippen LogP contribution is 2.31. The zero-order chi connectivity index (χ0) is 24.8. The molecule has 1 aromatic rings. The molecule has 3 heterocycles. The lowest BCUT2D eigenvalue weighted by Crippen LogP contribution is -2.76. The monoisotopic (exact) mass is 517 g/mol. The first-order chi connectivity index (χ1) is 17.0. The molecule has 3 atom stereocenters. The molecule has 1 unspecified atom stereocenters. The molecule has 1 aromatic carbocycles. The van der Waals surface area contributed by atoms with Crippen LogP contribution in [0.2, 0.25) is 0 Å². The number of amides is 4. The maximum atomic E-state index is 13.5. The van der Waals surface area contributed by atoms with Crippen molar-refractivity contribution in [2.45, 2.75) is 50.2 Å². The molecule has 8 nitrogen and oxygen atoms in total. The maximum absolute atomic E-state index is 13.5. The lowest BCUT2D eigenvalue weighted by Gasteiger charge is -2.55. The fourth-order valence-corrected chi connectivity index (χ4v) is 6.31. The van der Waals surface area contributed by atoms with Crippen LogP contribution in [0.25, 0.3) is 0 Å². The number of carbonyl (C=O) groups excluding carboxylic acids is 3. The van der Waals surface area contributed by atoms with Gasteiger partial charge in [0.2, 0.25) is 11.8 Å². The Morgan fingerprint density at radius 2 is 2.00 bits per heavy atom. The molecule has 190 valence electrons. The number of fused-ring (bicyclic) bond motifs is 1. The molecule has 10 heteroatoms. The zero-order valence-corrected chi connectivity index (χ0v) is 22.1. The summed E-state index contributed by atoms with van der Waals surface area (Å²) in [6.45, 7) is 3.95.